The number of carboxylic acid groups (broad SMARTS) is 4. The van der Waals surface area contributed by atoms with Crippen LogP contribution in [0.1, 0.15) is 41.4 Å². The maximum Gasteiger partial charge on any atom is 0.351 e. The lowest BCUT2D eigenvalue weighted by atomic mass is 10.1. The van der Waals surface area contributed by atoms with Crippen molar-refractivity contribution >= 4 is 47.1 Å². The van der Waals surface area contributed by atoms with Crippen LogP contribution in [0.2, 0.25) is 0 Å². The fraction of sp³-hybridized carbons (Fsp3) is 0. The Kier molecular flexibility index (Phi) is 6.01. The van der Waals surface area contributed by atoms with Gasteiger partial charge in [0.1, 0.15) is 0 Å². The highest BCUT2D eigenvalue weighted by Gasteiger charge is 2.14. The molecule has 0 aliphatic rings. The van der Waals surface area contributed by atoms with Crippen molar-refractivity contribution in [2.75, 3.05) is 10.6 Å². The fourth-order valence-electron chi connectivity index (χ4n) is 2.66. The summed E-state index contributed by atoms with van der Waals surface area (Å²) in [6.45, 7) is 0. The standard InChI is InChI=1S/C19H13N5O9/c25-13(26)7-1-8(14(27)28)4-11(3-7)20-17-22-18(24-19(33)23-17)21-12-5-9(15(29)30)2-10(6-12)16(31)32/h1-6H,(H,25,26)(H,27,28)(H,29,30)(H,31,32)(H3,20,21,22,23,24,33). The summed E-state index contributed by atoms with van der Waals surface area (Å²) >= 11 is 0. The van der Waals surface area contributed by atoms with E-state index in [0.717, 1.165) is 36.4 Å². The lowest BCUT2D eigenvalue weighted by molar-refractivity contribution is 0.0676. The third-order valence-electron chi connectivity index (χ3n) is 4.02. The zero-order valence-corrected chi connectivity index (χ0v) is 16.2. The van der Waals surface area contributed by atoms with Crippen LogP contribution >= 0.6 is 0 Å². The van der Waals surface area contributed by atoms with Gasteiger partial charge >= 0.3 is 29.6 Å². The van der Waals surface area contributed by atoms with E-state index in [1.54, 1.807) is 0 Å². The number of aromatic nitrogens is 3. The first kappa shape index (κ1) is 22.4. The lowest BCUT2D eigenvalue weighted by Gasteiger charge is -2.10. The van der Waals surface area contributed by atoms with Gasteiger partial charge in [-0.1, -0.05) is 0 Å². The predicted octanol–water partition coefficient (Wildman–Crippen LogP) is 1.44. The molecule has 0 atom stereocenters. The van der Waals surface area contributed by atoms with Crippen LogP contribution in [0.4, 0.5) is 23.3 Å². The van der Waals surface area contributed by atoms with Crippen LogP contribution in [-0.4, -0.2) is 59.3 Å². The van der Waals surface area contributed by atoms with Gasteiger partial charge in [0.05, 0.1) is 22.3 Å². The Balaban J connectivity index is 1.97. The van der Waals surface area contributed by atoms with E-state index in [4.69, 9.17) is 20.4 Å². The molecule has 0 saturated heterocycles. The molecule has 0 unspecified atom stereocenters. The van der Waals surface area contributed by atoms with Crippen molar-refractivity contribution < 1.29 is 39.6 Å². The number of carbonyl (C=O) groups is 4. The Labute approximate surface area is 182 Å². The maximum absolute atomic E-state index is 11.9. The van der Waals surface area contributed by atoms with E-state index in [1.165, 1.54) is 0 Å². The molecular weight excluding hydrogens is 442 g/mol. The van der Waals surface area contributed by atoms with Crippen LogP contribution < -0.4 is 16.3 Å². The summed E-state index contributed by atoms with van der Waals surface area (Å²) in [4.78, 5) is 66.6. The SMILES string of the molecule is O=C(O)c1cc(Nc2nc(Nc3cc(C(=O)O)cc(C(=O)O)c3)[nH]c(=O)n2)cc(C(=O)O)c1. The van der Waals surface area contributed by atoms with Crippen molar-refractivity contribution in [3.05, 3.63) is 69.1 Å². The molecule has 0 aliphatic heterocycles. The smallest absolute Gasteiger partial charge is 0.351 e. The van der Waals surface area contributed by atoms with E-state index >= 15 is 0 Å². The normalized spacial score (nSPS) is 10.3. The van der Waals surface area contributed by atoms with Gasteiger partial charge in [0.2, 0.25) is 11.9 Å². The van der Waals surface area contributed by atoms with Crippen molar-refractivity contribution in [2.45, 2.75) is 0 Å². The molecule has 0 spiro atoms. The summed E-state index contributed by atoms with van der Waals surface area (Å²) in [5.41, 5.74) is -2.33. The molecule has 1 aromatic heterocycles. The van der Waals surface area contributed by atoms with Gasteiger partial charge in [0, 0.05) is 11.4 Å². The summed E-state index contributed by atoms with van der Waals surface area (Å²) in [6.07, 6.45) is 0. The monoisotopic (exact) mass is 455 g/mol. The molecule has 0 aliphatic carbocycles. The third-order valence-corrected chi connectivity index (χ3v) is 4.02. The molecule has 0 amide bonds. The Morgan fingerprint density at radius 2 is 1.03 bits per heavy atom. The Hall–Kier alpha value is -5.27. The number of anilines is 4. The van der Waals surface area contributed by atoms with Gasteiger partial charge in [-0.2, -0.15) is 9.97 Å². The highest BCUT2D eigenvalue weighted by atomic mass is 16.4. The van der Waals surface area contributed by atoms with Crippen molar-refractivity contribution in [3.63, 3.8) is 0 Å². The second-order valence-electron chi connectivity index (χ2n) is 6.39. The van der Waals surface area contributed by atoms with Crippen molar-refractivity contribution in [2.24, 2.45) is 0 Å². The van der Waals surface area contributed by atoms with Crippen molar-refractivity contribution in [3.8, 4) is 0 Å². The molecule has 0 bridgehead atoms. The number of nitrogens with zero attached hydrogens (tertiary/aromatic N) is 2. The predicted molar refractivity (Wildman–Crippen MR) is 110 cm³/mol. The molecule has 2 aromatic carbocycles. The number of rotatable bonds is 8. The van der Waals surface area contributed by atoms with E-state index in [1.807, 2.05) is 0 Å². The fourth-order valence-corrected chi connectivity index (χ4v) is 2.66. The van der Waals surface area contributed by atoms with Gasteiger partial charge in [-0.05, 0) is 36.4 Å². The number of aromatic carboxylic acids is 4. The highest BCUT2D eigenvalue weighted by Crippen LogP contribution is 2.21. The minimum atomic E-state index is -1.39. The molecule has 7 N–H and O–H groups in total. The van der Waals surface area contributed by atoms with Crippen LogP contribution in [0.25, 0.3) is 0 Å². The molecular formula is C19H13N5O9. The van der Waals surface area contributed by atoms with Gasteiger partial charge < -0.3 is 31.1 Å². The van der Waals surface area contributed by atoms with E-state index in [9.17, 15) is 24.0 Å². The van der Waals surface area contributed by atoms with E-state index in [-0.39, 0.29) is 45.5 Å². The van der Waals surface area contributed by atoms with Gasteiger partial charge in [0.25, 0.3) is 0 Å². The number of H-pyrrole nitrogens is 1. The second kappa shape index (κ2) is 8.84. The lowest BCUT2D eigenvalue weighted by Crippen LogP contribution is -2.17. The van der Waals surface area contributed by atoms with Crippen LogP contribution in [0.3, 0.4) is 0 Å². The quantitative estimate of drug-likeness (QED) is 0.255. The first-order chi connectivity index (χ1) is 15.5. The molecule has 0 fully saturated rings. The zero-order valence-electron chi connectivity index (χ0n) is 16.2. The molecule has 3 rings (SSSR count). The number of hydrogen-bond acceptors (Lipinski definition) is 9. The zero-order chi connectivity index (χ0) is 24.3. The molecule has 14 nitrogen and oxygen atoms in total. The number of hydrogen-bond donors (Lipinski definition) is 7. The summed E-state index contributed by atoms with van der Waals surface area (Å²) in [5.74, 6) is -6.15. The van der Waals surface area contributed by atoms with Crippen LogP contribution in [-0.2, 0) is 0 Å². The van der Waals surface area contributed by atoms with Crippen LogP contribution in [0, 0.1) is 0 Å². The van der Waals surface area contributed by atoms with E-state index in [2.05, 4.69) is 25.6 Å². The minimum absolute atomic E-state index is 0.0198. The molecule has 168 valence electrons. The van der Waals surface area contributed by atoms with E-state index in [0.29, 0.717) is 0 Å². The summed E-state index contributed by atoms with van der Waals surface area (Å²) in [5, 5.41) is 41.7. The number of aromatic amines is 1. The molecule has 1 heterocycles. The molecule has 0 saturated carbocycles. The second-order valence-corrected chi connectivity index (χ2v) is 6.39. The average molecular weight is 455 g/mol. The van der Waals surface area contributed by atoms with Crippen molar-refractivity contribution in [1.82, 2.24) is 15.0 Å². The highest BCUT2D eigenvalue weighted by molar-refractivity contribution is 5.96. The molecule has 0 radical (unpaired) electrons. The average Bonchev–Trinajstić information content (AvgIpc) is 2.72. The Morgan fingerprint density at radius 3 is 1.42 bits per heavy atom. The first-order valence-corrected chi connectivity index (χ1v) is 8.77. The topological polar surface area (TPSA) is 232 Å². The van der Waals surface area contributed by atoms with Crippen LogP contribution in [0.15, 0.2) is 41.2 Å². The molecule has 14 heteroatoms. The van der Waals surface area contributed by atoms with E-state index < -0.39 is 29.6 Å². The summed E-state index contributed by atoms with van der Waals surface area (Å²) in [7, 11) is 0. The maximum atomic E-state index is 11.9. The van der Waals surface area contributed by atoms with Crippen LogP contribution in [0.5, 0.6) is 0 Å². The van der Waals surface area contributed by atoms with Crippen molar-refractivity contribution in [1.29, 1.82) is 0 Å². The van der Waals surface area contributed by atoms with Gasteiger partial charge in [0.15, 0.2) is 0 Å². The third kappa shape index (κ3) is 5.46. The van der Waals surface area contributed by atoms with Gasteiger partial charge in [-0.3, -0.25) is 4.98 Å². The number of benzene rings is 2. The number of nitrogens with one attached hydrogen (secondary N) is 3. The number of carboxylic acids is 4. The first-order valence-electron chi connectivity index (χ1n) is 8.77. The Morgan fingerprint density at radius 1 is 0.636 bits per heavy atom. The molecule has 3 aromatic rings. The molecule has 33 heavy (non-hydrogen) atoms. The van der Waals surface area contributed by atoms with Gasteiger partial charge in [-0.25, -0.2) is 24.0 Å². The minimum Gasteiger partial charge on any atom is -0.478 e. The Bertz CT molecular complexity index is 1200. The van der Waals surface area contributed by atoms with Gasteiger partial charge in [-0.15, -0.1) is 0 Å². The largest absolute Gasteiger partial charge is 0.478 e. The summed E-state index contributed by atoms with van der Waals surface area (Å²) in [6, 6.07) is 6.30. The summed E-state index contributed by atoms with van der Waals surface area (Å²) < 4.78 is 0.